The van der Waals surface area contributed by atoms with E-state index in [1.165, 1.54) is 28.6 Å². The van der Waals surface area contributed by atoms with Crippen molar-refractivity contribution in [3.63, 3.8) is 0 Å². The minimum Gasteiger partial charge on any atom is -0.469 e. The van der Waals surface area contributed by atoms with E-state index in [-0.39, 0.29) is 35.1 Å². The summed E-state index contributed by atoms with van der Waals surface area (Å²) in [6.07, 6.45) is 15.7. The number of hydrogen-bond donors (Lipinski definition) is 1. The number of unbranched alkanes of at least 4 members (excludes halogenated alkanes) is 3. The topological polar surface area (TPSA) is 65.0 Å². The lowest BCUT2D eigenvalue weighted by Gasteiger charge is -2.45. The van der Waals surface area contributed by atoms with Crippen LogP contribution in [0.5, 0.6) is 0 Å². The lowest BCUT2D eigenvalue weighted by molar-refractivity contribution is -0.140. The van der Waals surface area contributed by atoms with Gasteiger partial charge < -0.3 is 19.0 Å². The molecule has 0 unspecified atom stereocenters. The third kappa shape index (κ3) is 11.5. The second kappa shape index (κ2) is 21.5. The molecule has 5 nitrogen and oxygen atoms in total. The molecular weight excluding hydrogens is 709 g/mol. The first-order valence-electron chi connectivity index (χ1n) is 20.8. The van der Waals surface area contributed by atoms with Gasteiger partial charge in [0, 0.05) is 18.8 Å². The van der Waals surface area contributed by atoms with Gasteiger partial charge in [-0.05, 0) is 63.7 Å². The average molecular weight is 773 g/mol. The molecule has 1 fully saturated rings. The number of methoxy groups -OCH3 is 1. The Morgan fingerprint density at radius 1 is 0.821 bits per heavy atom. The summed E-state index contributed by atoms with van der Waals surface area (Å²) >= 11 is 0. The SMILES string of the molecule is CCCCC[C@H](/C=C/[C@@H]1[C@@H](C/C=C\CCCC(=O)OC)[C@@H](OCc2ccc(-c3ccccc3)cc2)C[C@H]1O)O[Si](c1ccccc1)(c1ccccc1)C(C)(C)C. The van der Waals surface area contributed by atoms with Crippen molar-refractivity contribution >= 4 is 24.7 Å². The van der Waals surface area contributed by atoms with Gasteiger partial charge in [0.05, 0.1) is 32.0 Å². The van der Waals surface area contributed by atoms with Crippen LogP contribution in [0.3, 0.4) is 0 Å². The van der Waals surface area contributed by atoms with Crippen LogP contribution in [0.1, 0.15) is 91.0 Å². The number of carbonyl (C=O) groups is 1. The van der Waals surface area contributed by atoms with Gasteiger partial charge in [0.1, 0.15) is 0 Å². The van der Waals surface area contributed by atoms with Gasteiger partial charge in [-0.1, -0.05) is 187 Å². The van der Waals surface area contributed by atoms with Gasteiger partial charge in [0.25, 0.3) is 8.32 Å². The number of benzene rings is 4. The third-order valence-corrected chi connectivity index (χ3v) is 16.4. The van der Waals surface area contributed by atoms with Gasteiger partial charge in [0.2, 0.25) is 0 Å². The van der Waals surface area contributed by atoms with Crippen molar-refractivity contribution < 1.29 is 23.8 Å². The summed E-state index contributed by atoms with van der Waals surface area (Å²) in [7, 11) is -1.37. The molecule has 5 rings (SSSR count). The third-order valence-electron chi connectivity index (χ3n) is 11.4. The molecule has 1 N–H and O–H groups in total. The molecule has 0 aliphatic heterocycles. The first-order chi connectivity index (χ1) is 27.2. The van der Waals surface area contributed by atoms with E-state index >= 15 is 0 Å². The number of carbonyl (C=O) groups excluding carboxylic acids is 1. The molecule has 4 aromatic rings. The maximum atomic E-state index is 11.7. The average Bonchev–Trinajstić information content (AvgIpc) is 3.52. The van der Waals surface area contributed by atoms with Crippen LogP contribution in [-0.2, 0) is 25.3 Å². The Kier molecular flexibility index (Phi) is 16.5. The van der Waals surface area contributed by atoms with E-state index in [1.807, 2.05) is 6.07 Å². The van der Waals surface area contributed by atoms with E-state index in [0.717, 1.165) is 50.5 Å². The minimum atomic E-state index is -2.80. The number of hydrogen-bond acceptors (Lipinski definition) is 5. The fourth-order valence-corrected chi connectivity index (χ4v) is 13.0. The highest BCUT2D eigenvalue weighted by Crippen LogP contribution is 2.41. The number of ether oxygens (including phenoxy) is 2. The number of esters is 1. The van der Waals surface area contributed by atoms with Crippen molar-refractivity contribution in [1.29, 1.82) is 0 Å². The van der Waals surface area contributed by atoms with Crippen LogP contribution in [0.2, 0.25) is 5.04 Å². The maximum absolute atomic E-state index is 11.7. The fourth-order valence-electron chi connectivity index (χ4n) is 8.30. The number of rotatable bonds is 20. The van der Waals surface area contributed by atoms with E-state index in [0.29, 0.717) is 19.4 Å². The van der Waals surface area contributed by atoms with Crippen molar-refractivity contribution in [3.05, 3.63) is 145 Å². The smallest absolute Gasteiger partial charge is 0.305 e. The van der Waals surface area contributed by atoms with Crippen LogP contribution < -0.4 is 10.4 Å². The molecule has 1 saturated carbocycles. The summed E-state index contributed by atoms with van der Waals surface area (Å²) in [6.45, 7) is 9.72. The van der Waals surface area contributed by atoms with Gasteiger partial charge in [0.15, 0.2) is 0 Å². The van der Waals surface area contributed by atoms with E-state index in [4.69, 9.17) is 13.9 Å². The normalized spacial score (nSPS) is 19.5. The molecule has 298 valence electrons. The number of aliphatic hydroxyl groups is 1. The molecule has 0 heterocycles. The fraction of sp³-hybridized carbons (Fsp3) is 0.420. The minimum absolute atomic E-state index is 0.0865. The zero-order chi connectivity index (χ0) is 39.8. The van der Waals surface area contributed by atoms with Crippen molar-refractivity contribution in [3.8, 4) is 11.1 Å². The lowest BCUT2D eigenvalue weighted by atomic mass is 9.89. The molecule has 4 aromatic carbocycles. The summed E-state index contributed by atoms with van der Waals surface area (Å²) < 4.78 is 19.2. The summed E-state index contributed by atoms with van der Waals surface area (Å²) in [5.74, 6) is -0.177. The molecule has 1 aliphatic carbocycles. The van der Waals surface area contributed by atoms with E-state index < -0.39 is 14.4 Å². The Morgan fingerprint density at radius 2 is 1.43 bits per heavy atom. The second-order valence-corrected chi connectivity index (χ2v) is 20.6. The van der Waals surface area contributed by atoms with E-state index in [9.17, 15) is 9.90 Å². The number of aliphatic hydroxyl groups excluding tert-OH is 1. The molecule has 0 spiro atoms. The van der Waals surface area contributed by atoms with Gasteiger partial charge in [-0.2, -0.15) is 0 Å². The molecule has 56 heavy (non-hydrogen) atoms. The van der Waals surface area contributed by atoms with Crippen molar-refractivity contribution in [2.45, 2.75) is 115 Å². The molecule has 5 atom stereocenters. The molecule has 0 radical (unpaired) electrons. The van der Waals surface area contributed by atoms with Gasteiger partial charge >= 0.3 is 5.97 Å². The zero-order valence-corrected chi connectivity index (χ0v) is 35.3. The molecule has 0 amide bonds. The largest absolute Gasteiger partial charge is 0.469 e. The van der Waals surface area contributed by atoms with Crippen LogP contribution in [-0.4, -0.2) is 44.8 Å². The first kappa shape index (κ1) is 43.1. The second-order valence-electron chi connectivity index (χ2n) is 16.3. The number of allylic oxidation sites excluding steroid dienone is 2. The van der Waals surface area contributed by atoms with Crippen LogP contribution in [0, 0.1) is 11.8 Å². The maximum Gasteiger partial charge on any atom is 0.305 e. The predicted octanol–water partition coefficient (Wildman–Crippen LogP) is 10.6. The summed E-state index contributed by atoms with van der Waals surface area (Å²) in [4.78, 5) is 11.7. The van der Waals surface area contributed by atoms with Crippen LogP contribution in [0.4, 0.5) is 0 Å². The highest BCUT2D eigenvalue weighted by molar-refractivity contribution is 6.99. The van der Waals surface area contributed by atoms with Crippen LogP contribution >= 0.6 is 0 Å². The molecule has 0 saturated heterocycles. The van der Waals surface area contributed by atoms with E-state index in [1.54, 1.807) is 0 Å². The Morgan fingerprint density at radius 3 is 2.02 bits per heavy atom. The molecule has 1 aliphatic rings. The summed E-state index contributed by atoms with van der Waals surface area (Å²) in [5.41, 5.74) is 3.49. The Labute approximate surface area is 338 Å². The molecule has 0 aromatic heterocycles. The van der Waals surface area contributed by atoms with Crippen molar-refractivity contribution in [2.24, 2.45) is 11.8 Å². The zero-order valence-electron chi connectivity index (χ0n) is 34.3. The Bertz CT molecular complexity index is 1740. The predicted molar refractivity (Wildman–Crippen MR) is 233 cm³/mol. The van der Waals surface area contributed by atoms with Gasteiger partial charge in [-0.3, -0.25) is 4.79 Å². The first-order valence-corrected chi connectivity index (χ1v) is 22.7. The highest BCUT2D eigenvalue weighted by Gasteiger charge is 2.51. The van der Waals surface area contributed by atoms with Crippen LogP contribution in [0.15, 0.2) is 140 Å². The van der Waals surface area contributed by atoms with Gasteiger partial charge in [-0.25, -0.2) is 0 Å². The molecule has 0 bridgehead atoms. The van der Waals surface area contributed by atoms with Gasteiger partial charge in [-0.15, -0.1) is 0 Å². The van der Waals surface area contributed by atoms with E-state index in [2.05, 4.69) is 161 Å². The van der Waals surface area contributed by atoms with Crippen molar-refractivity contribution in [2.75, 3.05) is 7.11 Å². The molecular formula is C50H64O5Si. The highest BCUT2D eigenvalue weighted by atomic mass is 28.4. The summed E-state index contributed by atoms with van der Waals surface area (Å²) in [6, 6.07) is 40.7. The monoisotopic (exact) mass is 772 g/mol. The summed E-state index contributed by atoms with van der Waals surface area (Å²) in [5, 5.41) is 14.1. The van der Waals surface area contributed by atoms with Crippen LogP contribution in [0.25, 0.3) is 11.1 Å². The quantitative estimate of drug-likeness (QED) is 0.0419. The Balaban J connectivity index is 1.40. The standard InChI is InChI=1S/C50H64O5Si/c1-6-7-13-24-42(55-56(50(2,3)4,43-25-16-11-17-26-43)44-27-18-12-19-28-44)35-36-45-46(29-20-8-9-21-30-49(52)53-5)48(37-47(45)51)54-38-39-31-33-41(34-32-39)40-22-14-10-15-23-40/h8,10-12,14-20,22-23,25-28,31-36,42,45-48,51H,6-7,9,13,21,24,29-30,37-38H2,1-5H3/b20-8-,36-35+/t42-,45-,46-,47-,48+/m1/s1. The lowest BCUT2D eigenvalue weighted by Crippen LogP contribution is -2.67. The molecule has 6 heteroatoms. The Hall–Kier alpha value is -4.07. The van der Waals surface area contributed by atoms with Crippen molar-refractivity contribution in [1.82, 2.24) is 0 Å².